The first-order valence-corrected chi connectivity index (χ1v) is 15.8. The Labute approximate surface area is 258 Å². The predicted octanol–water partition coefficient (Wildman–Crippen LogP) is 5.18. The lowest BCUT2D eigenvalue weighted by Gasteiger charge is -2.61. The van der Waals surface area contributed by atoms with E-state index in [2.05, 4.69) is 50.2 Å². The molecule has 0 amide bonds. The standard InChI is InChI=1S/C34H45FN6O3/c1-19-16-41(17-20(2)36-19)33(39-28-13-22-12-26(21(28)3)34(22,4)5)37-23-8-10-25-29(14-23)38-31(40(6)32(25)42)18-44-30-11-9-24(43-7)15-27(30)35/h8-11,14-15,19-22,26,28,36H,12-13,16-18H2,1-7H3,(H,37,39)/t19-,20+,21-,22-,26+,28-/m0/s1. The summed E-state index contributed by atoms with van der Waals surface area (Å²) in [6.45, 7) is 13.3. The van der Waals surface area contributed by atoms with Crippen molar-refractivity contribution in [1.29, 1.82) is 0 Å². The molecule has 1 aliphatic heterocycles. The number of hydrogen-bond acceptors (Lipinski definition) is 6. The van der Waals surface area contributed by atoms with Crippen molar-refractivity contribution in [3.05, 3.63) is 58.4 Å². The zero-order valence-corrected chi connectivity index (χ0v) is 26.9. The monoisotopic (exact) mass is 604 g/mol. The van der Waals surface area contributed by atoms with Crippen molar-refractivity contribution in [1.82, 2.24) is 19.8 Å². The Balaban J connectivity index is 1.29. The quantitative estimate of drug-likeness (QED) is 0.296. The number of aromatic nitrogens is 2. The number of hydrogen-bond donors (Lipinski definition) is 2. The maximum atomic E-state index is 14.5. The van der Waals surface area contributed by atoms with Gasteiger partial charge in [0.2, 0.25) is 0 Å². The summed E-state index contributed by atoms with van der Waals surface area (Å²) in [6, 6.07) is 10.9. The fraction of sp³-hybridized carbons (Fsp3) is 0.559. The lowest BCUT2D eigenvalue weighted by molar-refractivity contribution is -0.108. The number of nitrogens with one attached hydrogen (secondary N) is 2. The normalized spacial score (nSPS) is 28.0. The van der Waals surface area contributed by atoms with Gasteiger partial charge in [0.05, 0.1) is 24.1 Å². The summed E-state index contributed by atoms with van der Waals surface area (Å²) in [5.41, 5.74) is 1.57. The molecule has 44 heavy (non-hydrogen) atoms. The van der Waals surface area contributed by atoms with Gasteiger partial charge in [-0.3, -0.25) is 9.36 Å². The molecule has 0 spiro atoms. The minimum Gasteiger partial charge on any atom is -0.497 e. The molecule has 3 aromatic rings. The maximum Gasteiger partial charge on any atom is 0.261 e. The number of methoxy groups -OCH3 is 1. The van der Waals surface area contributed by atoms with E-state index in [1.165, 1.54) is 30.2 Å². The summed E-state index contributed by atoms with van der Waals surface area (Å²) in [7, 11) is 3.13. The van der Waals surface area contributed by atoms with Crippen LogP contribution < -0.4 is 25.7 Å². The van der Waals surface area contributed by atoms with Crippen molar-refractivity contribution in [2.45, 2.75) is 72.2 Å². The van der Waals surface area contributed by atoms with Crippen LogP contribution in [0, 0.1) is 29.0 Å². The SMILES string of the molecule is COc1ccc(OCc2nc3cc(NC(=N[C@H]4C[C@@H]5C[C@H]([C@@H]4C)C5(C)C)N4C[C@@H](C)N[C@@H](C)C4)ccc3c(=O)n2C)c(F)c1. The molecule has 2 bridgehead atoms. The van der Waals surface area contributed by atoms with E-state index >= 15 is 0 Å². The molecule has 2 N–H and O–H groups in total. The summed E-state index contributed by atoms with van der Waals surface area (Å²) < 4.78 is 26.7. The van der Waals surface area contributed by atoms with Crippen molar-refractivity contribution in [2.75, 3.05) is 25.5 Å². The molecule has 0 radical (unpaired) electrons. The van der Waals surface area contributed by atoms with Crippen molar-refractivity contribution < 1.29 is 13.9 Å². The van der Waals surface area contributed by atoms with E-state index in [4.69, 9.17) is 19.5 Å². The van der Waals surface area contributed by atoms with Crippen molar-refractivity contribution in [2.24, 2.45) is 35.2 Å². The Hall–Kier alpha value is -3.66. The lowest BCUT2D eigenvalue weighted by atomic mass is 9.45. The van der Waals surface area contributed by atoms with E-state index in [0.717, 1.165) is 31.2 Å². The molecule has 3 aliphatic carbocycles. The zero-order valence-electron chi connectivity index (χ0n) is 26.9. The molecule has 1 aromatic heterocycles. The van der Waals surface area contributed by atoms with Crippen LogP contribution in [-0.4, -0.2) is 58.7 Å². The molecule has 2 aromatic carbocycles. The second-order valence-corrected chi connectivity index (χ2v) is 13.7. The highest BCUT2D eigenvalue weighted by atomic mass is 19.1. The van der Waals surface area contributed by atoms with Gasteiger partial charge in [-0.15, -0.1) is 0 Å². The second kappa shape index (κ2) is 11.7. The minimum atomic E-state index is -0.543. The van der Waals surface area contributed by atoms with Crippen molar-refractivity contribution in [3.8, 4) is 11.5 Å². The number of fused-ring (bicyclic) bond motifs is 3. The largest absolute Gasteiger partial charge is 0.497 e. The summed E-state index contributed by atoms with van der Waals surface area (Å²) in [5.74, 6) is 3.13. The average molecular weight is 605 g/mol. The highest BCUT2D eigenvalue weighted by Crippen LogP contribution is 2.61. The van der Waals surface area contributed by atoms with E-state index in [1.807, 2.05) is 18.2 Å². The Kier molecular flexibility index (Phi) is 8.07. The number of ether oxygens (including phenoxy) is 2. The summed E-state index contributed by atoms with van der Waals surface area (Å²) >= 11 is 0. The molecule has 0 unspecified atom stereocenters. The third kappa shape index (κ3) is 5.64. The van der Waals surface area contributed by atoms with E-state index in [-0.39, 0.29) is 24.0 Å². The molecule has 4 aliphatic rings. The summed E-state index contributed by atoms with van der Waals surface area (Å²) in [6.07, 6.45) is 2.42. The molecule has 4 fully saturated rings. The van der Waals surface area contributed by atoms with E-state index < -0.39 is 5.82 Å². The third-order valence-electron chi connectivity index (χ3n) is 10.4. The first-order chi connectivity index (χ1) is 20.9. The second-order valence-electron chi connectivity index (χ2n) is 13.7. The lowest BCUT2D eigenvalue weighted by Crippen LogP contribution is -2.59. The Morgan fingerprint density at radius 2 is 1.89 bits per heavy atom. The Bertz CT molecular complexity index is 1630. The Morgan fingerprint density at radius 1 is 1.14 bits per heavy atom. The van der Waals surface area contributed by atoms with Gasteiger partial charge in [0.15, 0.2) is 17.5 Å². The summed E-state index contributed by atoms with van der Waals surface area (Å²) in [4.78, 5) is 25.8. The molecule has 6 atom stereocenters. The van der Waals surface area contributed by atoms with Crippen molar-refractivity contribution in [3.63, 3.8) is 0 Å². The van der Waals surface area contributed by atoms with E-state index in [1.54, 1.807) is 13.1 Å². The Morgan fingerprint density at radius 3 is 2.55 bits per heavy atom. The summed E-state index contributed by atoms with van der Waals surface area (Å²) in [5, 5.41) is 7.77. The molecular formula is C34H45FN6O3. The first-order valence-electron chi connectivity index (χ1n) is 15.8. The van der Waals surface area contributed by atoms with Gasteiger partial charge in [-0.1, -0.05) is 20.8 Å². The molecule has 9 nitrogen and oxygen atoms in total. The number of rotatable bonds is 6. The van der Waals surface area contributed by atoms with Crippen LogP contribution in [0.3, 0.4) is 0 Å². The molecular weight excluding hydrogens is 559 g/mol. The maximum absolute atomic E-state index is 14.5. The molecule has 1 saturated heterocycles. The van der Waals surface area contributed by atoms with Gasteiger partial charge in [0, 0.05) is 44.0 Å². The number of piperazine rings is 1. The van der Waals surface area contributed by atoms with Gasteiger partial charge in [-0.05, 0) is 80.2 Å². The first kappa shape index (κ1) is 30.4. The van der Waals surface area contributed by atoms with Gasteiger partial charge in [0.25, 0.3) is 5.56 Å². The van der Waals surface area contributed by atoms with Crippen LogP contribution in [-0.2, 0) is 13.7 Å². The van der Waals surface area contributed by atoms with Gasteiger partial charge in [-0.2, -0.15) is 0 Å². The van der Waals surface area contributed by atoms with Crippen LogP contribution in [0.5, 0.6) is 11.5 Å². The predicted molar refractivity (Wildman–Crippen MR) is 172 cm³/mol. The fourth-order valence-corrected chi connectivity index (χ4v) is 7.66. The number of benzene rings is 2. The number of nitrogens with zero attached hydrogens (tertiary/aromatic N) is 4. The topological polar surface area (TPSA) is 93.0 Å². The fourth-order valence-electron chi connectivity index (χ4n) is 7.66. The van der Waals surface area contributed by atoms with Crippen LogP contribution in [0.1, 0.15) is 53.3 Å². The van der Waals surface area contributed by atoms with Crippen molar-refractivity contribution >= 4 is 22.5 Å². The van der Waals surface area contributed by atoms with Gasteiger partial charge < -0.3 is 25.0 Å². The van der Waals surface area contributed by atoms with Gasteiger partial charge in [0.1, 0.15) is 18.2 Å². The number of guanidine groups is 1. The average Bonchev–Trinajstić information content (AvgIpc) is 2.98. The number of anilines is 1. The highest BCUT2D eigenvalue weighted by molar-refractivity contribution is 5.96. The third-order valence-corrected chi connectivity index (χ3v) is 10.4. The van der Waals surface area contributed by atoms with Crippen LogP contribution >= 0.6 is 0 Å². The smallest absolute Gasteiger partial charge is 0.261 e. The molecule has 3 saturated carbocycles. The van der Waals surface area contributed by atoms with Crippen LogP contribution in [0.25, 0.3) is 10.9 Å². The minimum absolute atomic E-state index is 0.0638. The highest BCUT2D eigenvalue weighted by Gasteiger charge is 2.56. The van der Waals surface area contributed by atoms with Gasteiger partial charge in [-0.25, -0.2) is 14.4 Å². The number of aliphatic imine (C=N–C) groups is 1. The number of halogens is 1. The molecule has 7 rings (SSSR count). The van der Waals surface area contributed by atoms with Crippen LogP contribution in [0.2, 0.25) is 0 Å². The zero-order chi connectivity index (χ0) is 31.3. The molecule has 236 valence electrons. The van der Waals surface area contributed by atoms with E-state index in [0.29, 0.717) is 57.7 Å². The van der Waals surface area contributed by atoms with Gasteiger partial charge >= 0.3 is 0 Å². The molecule has 2 heterocycles. The van der Waals surface area contributed by atoms with Crippen LogP contribution in [0.4, 0.5) is 10.1 Å². The molecule has 10 heteroatoms. The van der Waals surface area contributed by atoms with E-state index in [9.17, 15) is 9.18 Å². The van der Waals surface area contributed by atoms with Crippen LogP contribution in [0.15, 0.2) is 46.2 Å².